The number of nitrogens with zero attached hydrogens (tertiary/aromatic N) is 6. The molecule has 2 fully saturated rings. The van der Waals surface area contributed by atoms with E-state index in [1.54, 1.807) is 12.1 Å². The molecule has 0 unspecified atom stereocenters. The van der Waals surface area contributed by atoms with Crippen molar-refractivity contribution >= 4 is 22.8 Å². The summed E-state index contributed by atoms with van der Waals surface area (Å²) in [6.07, 6.45) is 15.4. The molecular weight excluding hydrogens is 439 g/mol. The van der Waals surface area contributed by atoms with Crippen LogP contribution in [0.15, 0.2) is 43.0 Å². The van der Waals surface area contributed by atoms with E-state index in [0.717, 1.165) is 17.4 Å². The van der Waals surface area contributed by atoms with E-state index in [-0.39, 0.29) is 0 Å². The first kappa shape index (κ1) is 23.2. The van der Waals surface area contributed by atoms with Crippen LogP contribution in [-0.4, -0.2) is 29.7 Å². The Morgan fingerprint density at radius 3 is 2.27 bits per heavy atom. The van der Waals surface area contributed by atoms with Crippen LogP contribution in [-0.2, 0) is 0 Å². The first-order chi connectivity index (χ1) is 16.0. The molecule has 0 radical (unpaired) electrons. The molecule has 4 aromatic rings. The van der Waals surface area contributed by atoms with Gasteiger partial charge in [0.1, 0.15) is 23.4 Å². The normalized spacial score (nSPS) is 14.9. The molecule has 2 saturated carbocycles. The van der Waals surface area contributed by atoms with Gasteiger partial charge in [-0.3, -0.25) is 4.68 Å². The second-order valence-electron chi connectivity index (χ2n) is 8.40. The Kier molecular flexibility index (Phi) is 7.60. The average molecular weight is 467 g/mol. The lowest BCUT2D eigenvalue weighted by molar-refractivity contribution is 0.631. The van der Waals surface area contributed by atoms with Gasteiger partial charge in [-0.1, -0.05) is 43.7 Å². The van der Waals surface area contributed by atoms with E-state index in [2.05, 4.69) is 25.0 Å². The molecule has 2 aliphatic rings. The number of halogens is 2. The van der Waals surface area contributed by atoms with Crippen molar-refractivity contribution in [3.05, 3.63) is 65.2 Å². The van der Waals surface area contributed by atoms with Crippen LogP contribution in [0.3, 0.4) is 0 Å². The van der Waals surface area contributed by atoms with Gasteiger partial charge in [0, 0.05) is 23.0 Å². The van der Waals surface area contributed by atoms with Crippen LogP contribution in [0, 0.1) is 19.7 Å². The van der Waals surface area contributed by atoms with E-state index in [4.69, 9.17) is 11.6 Å². The lowest BCUT2D eigenvalue weighted by Gasteiger charge is -2.07. The minimum Gasteiger partial charge on any atom is -0.270 e. The maximum Gasteiger partial charge on any atom is 0.182 e. The molecule has 6 rings (SSSR count). The van der Waals surface area contributed by atoms with Gasteiger partial charge in [0.15, 0.2) is 5.65 Å². The predicted octanol–water partition coefficient (Wildman–Crippen LogP) is 6.66. The molecule has 6 nitrogen and oxygen atoms in total. The molecule has 0 N–H and O–H groups in total. The highest BCUT2D eigenvalue weighted by Crippen LogP contribution is 2.33. The smallest absolute Gasteiger partial charge is 0.182 e. The molecule has 0 aliphatic heterocycles. The van der Waals surface area contributed by atoms with Crippen molar-refractivity contribution in [3.63, 3.8) is 0 Å². The number of aryl methyl sites for hydroxylation is 2. The summed E-state index contributed by atoms with van der Waals surface area (Å²) in [6.45, 7) is 3.70. The van der Waals surface area contributed by atoms with Crippen LogP contribution < -0.4 is 0 Å². The zero-order valence-corrected chi connectivity index (χ0v) is 19.8. The van der Waals surface area contributed by atoms with E-state index >= 15 is 0 Å². The van der Waals surface area contributed by atoms with Crippen LogP contribution in [0.4, 0.5) is 4.39 Å². The minimum atomic E-state index is -0.447. The van der Waals surface area contributed by atoms with Crippen molar-refractivity contribution < 1.29 is 4.39 Å². The molecule has 172 valence electrons. The summed E-state index contributed by atoms with van der Waals surface area (Å²) < 4.78 is 16.1. The van der Waals surface area contributed by atoms with Crippen LogP contribution in [0.25, 0.3) is 22.4 Å². The SMILES string of the molecule is C1CCCC1.Cc1nc2ncnc(-c3ccc(Cl)cc3F)c2nc1C.c1cnn(C2CC2)c1. The number of benzene rings is 1. The van der Waals surface area contributed by atoms with Gasteiger partial charge in [-0.15, -0.1) is 0 Å². The van der Waals surface area contributed by atoms with Gasteiger partial charge in [-0.2, -0.15) is 5.10 Å². The number of fused-ring (bicyclic) bond motifs is 1. The van der Waals surface area contributed by atoms with E-state index in [0.29, 0.717) is 27.4 Å². The maximum atomic E-state index is 14.1. The summed E-state index contributed by atoms with van der Waals surface area (Å²) in [7, 11) is 0. The summed E-state index contributed by atoms with van der Waals surface area (Å²) in [5.41, 5.74) is 3.24. The zero-order valence-electron chi connectivity index (χ0n) is 19.0. The van der Waals surface area contributed by atoms with Crippen molar-refractivity contribution in [2.24, 2.45) is 0 Å². The second kappa shape index (κ2) is 10.8. The molecule has 8 heteroatoms. The number of hydrogen-bond donors (Lipinski definition) is 0. The first-order valence-corrected chi connectivity index (χ1v) is 11.8. The molecule has 0 amide bonds. The van der Waals surface area contributed by atoms with Crippen molar-refractivity contribution in [2.45, 2.75) is 64.8 Å². The number of hydrogen-bond acceptors (Lipinski definition) is 5. The standard InChI is InChI=1S/C14H10ClFN4.C6H8N2.C5H10/c1-7-8(2)20-14-13(19-7)12(17-6-18-14)10-4-3-9(15)5-11(10)16;1-4-7-8(5-1)6-2-3-6;1-2-4-5-3-1/h3-6H,1-2H3;1,4-6H,2-3H2;1-5H2. The van der Waals surface area contributed by atoms with Gasteiger partial charge >= 0.3 is 0 Å². The molecule has 0 saturated heterocycles. The van der Waals surface area contributed by atoms with Gasteiger partial charge in [0.25, 0.3) is 0 Å². The van der Waals surface area contributed by atoms with Gasteiger partial charge in [0.2, 0.25) is 0 Å². The third-order valence-electron chi connectivity index (χ3n) is 5.76. The molecule has 33 heavy (non-hydrogen) atoms. The Bertz CT molecular complexity index is 1200. The molecule has 1 aromatic carbocycles. The van der Waals surface area contributed by atoms with Gasteiger partial charge in [-0.25, -0.2) is 24.3 Å². The molecule has 0 atom stereocenters. The monoisotopic (exact) mass is 466 g/mol. The van der Waals surface area contributed by atoms with Crippen LogP contribution >= 0.6 is 11.6 Å². The highest BCUT2D eigenvalue weighted by molar-refractivity contribution is 6.30. The third kappa shape index (κ3) is 6.11. The predicted molar refractivity (Wildman–Crippen MR) is 129 cm³/mol. The molecule has 2 aliphatic carbocycles. The van der Waals surface area contributed by atoms with Gasteiger partial charge in [0.05, 0.1) is 17.4 Å². The summed E-state index contributed by atoms with van der Waals surface area (Å²) >= 11 is 5.77. The fourth-order valence-electron chi connectivity index (χ4n) is 3.64. The summed E-state index contributed by atoms with van der Waals surface area (Å²) in [6, 6.07) is 7.15. The fraction of sp³-hybridized carbons (Fsp3) is 0.400. The van der Waals surface area contributed by atoms with E-state index < -0.39 is 5.82 Å². The summed E-state index contributed by atoms with van der Waals surface area (Å²) in [4.78, 5) is 17.0. The van der Waals surface area contributed by atoms with E-state index in [9.17, 15) is 4.39 Å². The molecular formula is C25H28ClFN6. The van der Waals surface area contributed by atoms with Crippen molar-refractivity contribution in [1.29, 1.82) is 0 Å². The Morgan fingerprint density at radius 2 is 1.67 bits per heavy atom. The molecule has 0 spiro atoms. The Labute approximate surface area is 198 Å². The minimum absolute atomic E-state index is 0.333. The highest BCUT2D eigenvalue weighted by atomic mass is 35.5. The highest BCUT2D eigenvalue weighted by Gasteiger charge is 2.23. The summed E-state index contributed by atoms with van der Waals surface area (Å²) in [5, 5.41) is 4.43. The maximum absolute atomic E-state index is 14.1. The second-order valence-corrected chi connectivity index (χ2v) is 8.83. The Balaban J connectivity index is 0.000000161. The van der Waals surface area contributed by atoms with Crippen LogP contribution in [0.2, 0.25) is 5.02 Å². The lowest BCUT2D eigenvalue weighted by atomic mass is 10.1. The fourth-order valence-corrected chi connectivity index (χ4v) is 3.80. The lowest BCUT2D eigenvalue weighted by Crippen LogP contribution is -1.99. The molecule has 0 bridgehead atoms. The number of rotatable bonds is 2. The zero-order chi connectivity index (χ0) is 23.2. The summed E-state index contributed by atoms with van der Waals surface area (Å²) in [5.74, 6) is -0.447. The van der Waals surface area contributed by atoms with Gasteiger partial charge in [-0.05, 0) is 51.0 Å². The quantitative estimate of drug-likeness (QED) is 0.330. The van der Waals surface area contributed by atoms with Crippen LogP contribution in [0.1, 0.15) is 62.4 Å². The Hall–Kier alpha value is -2.93. The van der Waals surface area contributed by atoms with Crippen molar-refractivity contribution in [3.8, 4) is 11.3 Å². The van der Waals surface area contributed by atoms with E-state index in [1.807, 2.05) is 37.0 Å². The van der Waals surface area contributed by atoms with Gasteiger partial charge < -0.3 is 0 Å². The van der Waals surface area contributed by atoms with E-state index in [1.165, 1.54) is 57.3 Å². The Morgan fingerprint density at radius 1 is 0.970 bits per heavy atom. The topological polar surface area (TPSA) is 69.4 Å². The molecule has 3 heterocycles. The van der Waals surface area contributed by atoms with Crippen molar-refractivity contribution in [1.82, 2.24) is 29.7 Å². The van der Waals surface area contributed by atoms with Crippen molar-refractivity contribution in [2.75, 3.05) is 0 Å². The largest absolute Gasteiger partial charge is 0.270 e. The average Bonchev–Trinajstić information content (AvgIpc) is 3.25. The van der Waals surface area contributed by atoms with Crippen LogP contribution in [0.5, 0.6) is 0 Å². The molecule has 3 aromatic heterocycles. The number of aromatic nitrogens is 6. The third-order valence-corrected chi connectivity index (χ3v) is 6.00. The first-order valence-electron chi connectivity index (χ1n) is 11.4.